The number of hydrogen-bond acceptors (Lipinski definition) is 4. The molecule has 0 saturated heterocycles. The van der Waals surface area contributed by atoms with Gasteiger partial charge in [0.05, 0.1) is 11.9 Å². The molecule has 1 aromatic heterocycles. The molecule has 1 N–H and O–H groups in total. The molecule has 1 unspecified atom stereocenters. The van der Waals surface area contributed by atoms with Crippen LogP contribution in [0, 0.1) is 5.92 Å². The lowest BCUT2D eigenvalue weighted by Gasteiger charge is -2.25. The fourth-order valence-electron chi connectivity index (χ4n) is 1.88. The summed E-state index contributed by atoms with van der Waals surface area (Å²) in [6.07, 6.45) is 4.90. The van der Waals surface area contributed by atoms with Gasteiger partial charge in [0.25, 0.3) is 0 Å². The van der Waals surface area contributed by atoms with Gasteiger partial charge in [0.15, 0.2) is 0 Å². The first-order valence-electron chi connectivity index (χ1n) is 7.66. The summed E-state index contributed by atoms with van der Waals surface area (Å²) in [5.41, 5.74) is 1.10. The zero-order valence-corrected chi connectivity index (χ0v) is 13.9. The van der Waals surface area contributed by atoms with Gasteiger partial charge in [0.2, 0.25) is 0 Å². The van der Waals surface area contributed by atoms with E-state index >= 15 is 0 Å². The molecule has 1 atom stereocenters. The Hall–Kier alpha value is -1.16. The van der Waals surface area contributed by atoms with Gasteiger partial charge in [-0.3, -0.25) is 4.98 Å². The Labute approximate surface area is 124 Å². The Balaban J connectivity index is 2.74. The summed E-state index contributed by atoms with van der Waals surface area (Å²) in [4.78, 5) is 11.4. The monoisotopic (exact) mass is 278 g/mol. The lowest BCUT2D eigenvalue weighted by Crippen LogP contribution is -2.35. The summed E-state index contributed by atoms with van der Waals surface area (Å²) in [5, 5.41) is 3.45. The third-order valence-electron chi connectivity index (χ3n) is 3.41. The molecule has 4 heteroatoms. The summed E-state index contributed by atoms with van der Waals surface area (Å²) in [6.45, 7) is 15.9. The molecule has 0 fully saturated rings. The molecule has 20 heavy (non-hydrogen) atoms. The molecular formula is C16H30N4. The summed E-state index contributed by atoms with van der Waals surface area (Å²) < 4.78 is 0. The molecular weight excluding hydrogens is 248 g/mol. The zero-order chi connectivity index (χ0) is 15.2. The maximum Gasteiger partial charge on any atom is 0.147 e. The van der Waals surface area contributed by atoms with Gasteiger partial charge in [-0.15, -0.1) is 0 Å². The first kappa shape index (κ1) is 16.9. The standard InChI is InChI=1S/C16H30N4/c1-7-13(3)12-20(8-2)15-11-17-9-14(19-15)10-18-16(4,5)6/h9,11,13,18H,7-8,10,12H2,1-6H3. The molecule has 0 aromatic carbocycles. The van der Waals surface area contributed by atoms with Gasteiger partial charge >= 0.3 is 0 Å². The average Bonchev–Trinajstić information content (AvgIpc) is 2.41. The van der Waals surface area contributed by atoms with Crippen LogP contribution in [-0.4, -0.2) is 28.6 Å². The van der Waals surface area contributed by atoms with Crippen LogP contribution in [0.4, 0.5) is 5.82 Å². The fourth-order valence-corrected chi connectivity index (χ4v) is 1.88. The second-order valence-electron chi connectivity index (χ2n) is 6.52. The van der Waals surface area contributed by atoms with Crippen molar-refractivity contribution in [1.82, 2.24) is 15.3 Å². The van der Waals surface area contributed by atoms with E-state index in [1.165, 1.54) is 6.42 Å². The molecule has 0 amide bonds. The highest BCUT2D eigenvalue weighted by atomic mass is 15.2. The molecule has 0 aliphatic rings. The second-order valence-corrected chi connectivity index (χ2v) is 6.52. The Bertz CT molecular complexity index is 398. The van der Waals surface area contributed by atoms with Crippen molar-refractivity contribution in [2.75, 3.05) is 18.0 Å². The number of rotatable bonds is 7. The predicted molar refractivity (Wildman–Crippen MR) is 86.0 cm³/mol. The van der Waals surface area contributed by atoms with Crippen molar-refractivity contribution in [1.29, 1.82) is 0 Å². The fraction of sp³-hybridized carbons (Fsp3) is 0.750. The van der Waals surface area contributed by atoms with Crippen molar-refractivity contribution < 1.29 is 0 Å². The highest BCUT2D eigenvalue weighted by molar-refractivity contribution is 5.36. The Morgan fingerprint density at radius 1 is 1.25 bits per heavy atom. The van der Waals surface area contributed by atoms with Gasteiger partial charge < -0.3 is 10.2 Å². The quantitative estimate of drug-likeness (QED) is 0.831. The zero-order valence-electron chi connectivity index (χ0n) is 13.9. The number of hydrogen-bond donors (Lipinski definition) is 1. The minimum Gasteiger partial charge on any atom is -0.355 e. The maximum atomic E-state index is 4.74. The molecule has 4 nitrogen and oxygen atoms in total. The minimum atomic E-state index is 0.0961. The molecule has 0 radical (unpaired) electrons. The van der Waals surface area contributed by atoms with Crippen molar-refractivity contribution in [3.63, 3.8) is 0 Å². The van der Waals surface area contributed by atoms with Gasteiger partial charge in [-0.2, -0.15) is 0 Å². The largest absolute Gasteiger partial charge is 0.355 e. The summed E-state index contributed by atoms with van der Waals surface area (Å²) in [7, 11) is 0. The van der Waals surface area contributed by atoms with E-state index in [4.69, 9.17) is 4.98 Å². The highest BCUT2D eigenvalue weighted by Gasteiger charge is 2.12. The van der Waals surface area contributed by atoms with Crippen LogP contribution in [-0.2, 0) is 6.54 Å². The Kier molecular flexibility index (Phi) is 6.40. The van der Waals surface area contributed by atoms with E-state index in [2.05, 4.69) is 56.7 Å². The van der Waals surface area contributed by atoms with Crippen LogP contribution in [0.1, 0.15) is 53.7 Å². The van der Waals surface area contributed by atoms with Gasteiger partial charge in [-0.25, -0.2) is 4.98 Å². The molecule has 0 aliphatic carbocycles. The average molecular weight is 278 g/mol. The molecule has 0 bridgehead atoms. The topological polar surface area (TPSA) is 41.1 Å². The summed E-state index contributed by atoms with van der Waals surface area (Å²) >= 11 is 0. The molecule has 0 saturated carbocycles. The van der Waals surface area contributed by atoms with Gasteiger partial charge in [0.1, 0.15) is 5.82 Å². The van der Waals surface area contributed by atoms with Crippen molar-refractivity contribution in [3.8, 4) is 0 Å². The smallest absolute Gasteiger partial charge is 0.147 e. The van der Waals surface area contributed by atoms with E-state index in [9.17, 15) is 0 Å². The first-order valence-corrected chi connectivity index (χ1v) is 7.66. The van der Waals surface area contributed by atoms with Crippen LogP contribution in [0.5, 0.6) is 0 Å². The number of aromatic nitrogens is 2. The van der Waals surface area contributed by atoms with E-state index in [0.29, 0.717) is 5.92 Å². The number of anilines is 1. The molecule has 1 heterocycles. The van der Waals surface area contributed by atoms with Crippen LogP contribution in [0.3, 0.4) is 0 Å². The van der Waals surface area contributed by atoms with E-state index in [1.54, 1.807) is 0 Å². The van der Waals surface area contributed by atoms with Crippen molar-refractivity contribution in [3.05, 3.63) is 18.1 Å². The van der Waals surface area contributed by atoms with E-state index < -0.39 is 0 Å². The first-order chi connectivity index (χ1) is 9.35. The molecule has 1 rings (SSSR count). The van der Waals surface area contributed by atoms with Crippen molar-refractivity contribution in [2.24, 2.45) is 5.92 Å². The number of nitrogens with one attached hydrogen (secondary N) is 1. The molecule has 1 aromatic rings. The second kappa shape index (κ2) is 7.58. The van der Waals surface area contributed by atoms with Crippen LogP contribution < -0.4 is 10.2 Å². The van der Waals surface area contributed by atoms with Crippen LogP contribution in [0.15, 0.2) is 12.4 Å². The minimum absolute atomic E-state index is 0.0961. The molecule has 0 aliphatic heterocycles. The van der Waals surface area contributed by atoms with E-state index in [0.717, 1.165) is 31.1 Å². The van der Waals surface area contributed by atoms with Crippen molar-refractivity contribution in [2.45, 2.75) is 60.0 Å². The molecule has 114 valence electrons. The normalized spacial score (nSPS) is 13.3. The van der Waals surface area contributed by atoms with Gasteiger partial charge in [-0.05, 0) is 33.6 Å². The number of nitrogens with zero attached hydrogens (tertiary/aromatic N) is 3. The van der Waals surface area contributed by atoms with E-state index in [-0.39, 0.29) is 5.54 Å². The lowest BCUT2D eigenvalue weighted by atomic mass is 10.1. The highest BCUT2D eigenvalue weighted by Crippen LogP contribution is 2.14. The third kappa shape index (κ3) is 5.87. The SMILES string of the molecule is CCC(C)CN(CC)c1cncc(CNC(C)(C)C)n1. The maximum absolute atomic E-state index is 4.74. The Morgan fingerprint density at radius 3 is 2.50 bits per heavy atom. The van der Waals surface area contributed by atoms with Gasteiger partial charge in [-0.1, -0.05) is 20.3 Å². The lowest BCUT2D eigenvalue weighted by molar-refractivity contribution is 0.420. The summed E-state index contributed by atoms with van der Waals surface area (Å²) in [6, 6.07) is 0. The Morgan fingerprint density at radius 2 is 1.95 bits per heavy atom. The third-order valence-corrected chi connectivity index (χ3v) is 3.41. The summed E-state index contributed by atoms with van der Waals surface area (Å²) in [5.74, 6) is 1.66. The van der Waals surface area contributed by atoms with Crippen molar-refractivity contribution >= 4 is 5.82 Å². The van der Waals surface area contributed by atoms with Crippen LogP contribution >= 0.6 is 0 Å². The van der Waals surface area contributed by atoms with E-state index in [1.807, 2.05) is 12.4 Å². The molecule has 0 spiro atoms. The van der Waals surface area contributed by atoms with Gasteiger partial charge in [0, 0.05) is 31.4 Å². The van der Waals surface area contributed by atoms with Crippen LogP contribution in [0.25, 0.3) is 0 Å². The van der Waals surface area contributed by atoms with Crippen LogP contribution in [0.2, 0.25) is 0 Å². The predicted octanol–water partition coefficient (Wildman–Crippen LogP) is 3.24.